The van der Waals surface area contributed by atoms with Crippen LogP contribution in [0.2, 0.25) is 0 Å². The van der Waals surface area contributed by atoms with Gasteiger partial charge in [0, 0.05) is 109 Å². The van der Waals surface area contributed by atoms with Crippen LogP contribution in [0.4, 0.5) is 43.9 Å². The van der Waals surface area contributed by atoms with Crippen molar-refractivity contribution < 1.29 is 272 Å². The zero-order valence-electron chi connectivity index (χ0n) is 69.0. The predicted octanol–water partition coefficient (Wildman–Crippen LogP) is -6.23. The van der Waals surface area contributed by atoms with Crippen LogP contribution >= 0.6 is 0 Å². The monoisotopic (exact) mass is 1860 g/mol. The molecule has 4 aliphatic heterocycles. The average Bonchev–Trinajstić information content (AvgIpc) is 0.824. The second kappa shape index (κ2) is 79.1. The van der Waals surface area contributed by atoms with Crippen molar-refractivity contribution in [3.63, 3.8) is 0 Å². The van der Waals surface area contributed by atoms with E-state index in [0.717, 1.165) is 40.9 Å². The number of esters is 4. The molecule has 0 amide bonds. The third-order valence-corrected chi connectivity index (χ3v) is 18.2. The van der Waals surface area contributed by atoms with Gasteiger partial charge < -0.3 is 78.1 Å². The van der Waals surface area contributed by atoms with Crippen LogP contribution in [0.15, 0.2) is 211 Å². The van der Waals surface area contributed by atoms with Gasteiger partial charge in [-0.2, -0.15) is 0 Å². The molecule has 0 aliphatic carbocycles. The fourth-order valence-electron chi connectivity index (χ4n) is 8.88. The Hall–Kier alpha value is -4.10. The first-order chi connectivity index (χ1) is 55.4. The zero-order valence-corrected chi connectivity index (χ0v) is 81.0. The van der Waals surface area contributed by atoms with Crippen molar-refractivity contribution in [2.24, 2.45) is 0 Å². The van der Waals surface area contributed by atoms with Crippen molar-refractivity contribution in [3.8, 4) is 0 Å². The molecule has 6 aromatic carbocycles. The van der Waals surface area contributed by atoms with Gasteiger partial charge in [-0.05, 0) is 86.3 Å². The molecule has 651 valence electrons. The van der Waals surface area contributed by atoms with Crippen LogP contribution in [-0.4, -0.2) is 290 Å². The smallest absolute Gasteiger partial charge is 1.00 e. The molecule has 4 saturated heterocycles. The molecular formula is C75H94B3ClF10N4Na4O21S4+3. The molecule has 0 saturated carbocycles. The minimum Gasteiger partial charge on any atom is -1.00 e. The second-order valence-corrected chi connectivity index (χ2v) is 28.6. The maximum Gasteiger partial charge on any atom is 1.00 e. The number of carboxylic acid groups (broad SMARTS) is 1. The minimum absolute atomic E-state index is 0. The van der Waals surface area contributed by atoms with E-state index in [1.165, 1.54) is 36.3 Å². The summed E-state index contributed by atoms with van der Waals surface area (Å²) in [6.07, 6.45) is -4.24. The number of carbonyl (C=O) groups excluding carboxylic acids is 4. The molecule has 0 aromatic heterocycles. The van der Waals surface area contributed by atoms with Gasteiger partial charge in [0.1, 0.15) is 0 Å². The van der Waals surface area contributed by atoms with Crippen molar-refractivity contribution in [2.75, 3.05) is 164 Å². The molecule has 5 radical (unpaired) electrons. The maximum atomic E-state index is 12.4. The Balaban J connectivity index is -0.000000313. The van der Waals surface area contributed by atoms with Gasteiger partial charge in [0.05, 0.1) is 107 Å². The number of alkyl halides is 6. The molecule has 0 atom stereocenters. The first-order valence-electron chi connectivity index (χ1n) is 35.2. The molecule has 47 heteroatoms. The molecule has 4 fully saturated rings. The maximum absolute atomic E-state index is 12.4. The number of aliphatic carboxylic acids is 1. The number of carboxylic acids is 1. The SMILES string of the molecule is CC(F)(F)COC(=O)CN1CCOCC1.CC(F)(F)COC(=O)CN1CCOCC1.CC(F)(F)COC(=O)CN1CCOCC1.CCOC(=O)[C-](F)F.O=C(O)CN1CCOCC1.O=S(=O)=O.O=S(=O)=O.OC[C-](F)F.[B][B][B].[Cl-].[Na+].[Na+].[Na+].[Na+].c1ccc([S+](c2ccccc2)c2ccccc2)cc1.c1ccc([S+](c2ccccc2)c2ccccc2)cc1. The Bertz CT molecular complexity index is 3390. The Morgan fingerprint density at radius 1 is 0.410 bits per heavy atom. The molecule has 0 spiro atoms. The van der Waals surface area contributed by atoms with E-state index in [1.54, 1.807) is 0 Å². The molecule has 122 heavy (non-hydrogen) atoms. The van der Waals surface area contributed by atoms with Gasteiger partial charge in [-0.15, -0.1) is 25.3 Å². The summed E-state index contributed by atoms with van der Waals surface area (Å²) in [6.45, 7) is 10.3. The summed E-state index contributed by atoms with van der Waals surface area (Å²) < 4.78 is 205. The first kappa shape index (κ1) is 129. The summed E-state index contributed by atoms with van der Waals surface area (Å²) in [7, 11) is 3.75. The number of aliphatic hydroxyl groups is 1. The number of nitrogens with zero attached hydrogens (tertiary/aromatic N) is 4. The Kier molecular flexibility index (Phi) is 83.4. The van der Waals surface area contributed by atoms with Crippen LogP contribution in [0.25, 0.3) is 0 Å². The molecule has 0 unspecified atom stereocenters. The van der Waals surface area contributed by atoms with Crippen LogP contribution in [0.5, 0.6) is 0 Å². The molecule has 10 rings (SSSR count). The summed E-state index contributed by atoms with van der Waals surface area (Å²) in [5.41, 5.74) is 0. The molecular weight excluding hydrogens is 1770 g/mol. The van der Waals surface area contributed by atoms with Crippen molar-refractivity contribution in [1.82, 2.24) is 19.6 Å². The number of ether oxygens (including phenoxy) is 8. The van der Waals surface area contributed by atoms with Crippen LogP contribution in [-0.2, 0) is 105 Å². The third-order valence-electron chi connectivity index (χ3n) is 13.7. The second-order valence-electron chi connectivity index (χ2n) is 23.7. The zero-order chi connectivity index (χ0) is 87.9. The Morgan fingerprint density at radius 3 is 0.713 bits per heavy atom. The molecule has 4 aliphatic rings. The average molecular weight is 1870 g/mol. The van der Waals surface area contributed by atoms with Crippen LogP contribution < -0.4 is 131 Å². The number of rotatable bonds is 23. The van der Waals surface area contributed by atoms with E-state index >= 15 is 0 Å². The summed E-state index contributed by atoms with van der Waals surface area (Å²) in [6, 6.07) is 64.3. The number of hydrogen-bond acceptors (Lipinski definition) is 24. The number of halogens is 11. The normalized spacial score (nSPS) is 13.4. The van der Waals surface area contributed by atoms with Gasteiger partial charge in [-0.3, -0.25) is 43.6 Å². The number of hydrogen-bond donors (Lipinski definition) is 2. The van der Waals surface area contributed by atoms with Crippen LogP contribution in [0, 0.1) is 12.9 Å². The summed E-state index contributed by atoms with van der Waals surface area (Å²) in [5, 5.41) is 15.7. The molecule has 0 bridgehead atoms. The quantitative estimate of drug-likeness (QED) is 0.0151. The van der Waals surface area contributed by atoms with E-state index in [9.17, 15) is 67.9 Å². The van der Waals surface area contributed by atoms with E-state index in [1.807, 2.05) is 19.6 Å². The van der Waals surface area contributed by atoms with E-state index in [2.05, 4.69) is 216 Å². The largest absolute Gasteiger partial charge is 1.00 e. The fourth-order valence-corrected chi connectivity index (χ4v) is 13.1. The third kappa shape index (κ3) is 74.9. The number of carbonyl (C=O) groups is 5. The van der Waals surface area contributed by atoms with Gasteiger partial charge in [-0.25, -0.2) is 26.3 Å². The summed E-state index contributed by atoms with van der Waals surface area (Å²) >= 11 is 0. The van der Waals surface area contributed by atoms with E-state index < -0.39 is 108 Å². The summed E-state index contributed by atoms with van der Waals surface area (Å²) in [5.74, 6) is -13.0. The van der Waals surface area contributed by atoms with E-state index in [4.69, 9.17) is 54.4 Å². The molecule has 4 heterocycles. The summed E-state index contributed by atoms with van der Waals surface area (Å²) in [4.78, 5) is 68.8. The van der Waals surface area contributed by atoms with Gasteiger partial charge in [0.25, 0.3) is 17.8 Å². The van der Waals surface area contributed by atoms with Crippen molar-refractivity contribution in [1.29, 1.82) is 0 Å². The van der Waals surface area contributed by atoms with Gasteiger partial charge >= 0.3 is 163 Å². The number of morpholine rings is 4. The Morgan fingerprint density at radius 2 is 0.582 bits per heavy atom. The molecule has 2 N–H and O–H groups in total. The van der Waals surface area contributed by atoms with E-state index in [0.29, 0.717) is 92.1 Å². The van der Waals surface area contributed by atoms with Crippen molar-refractivity contribution in [2.45, 2.75) is 74.8 Å². The number of aliphatic hydroxyl groups excluding tert-OH is 1. The van der Waals surface area contributed by atoms with Gasteiger partial charge in [0.15, 0.2) is 49.2 Å². The number of benzene rings is 6. The predicted molar refractivity (Wildman–Crippen MR) is 416 cm³/mol. The molecule has 25 nitrogen and oxygen atoms in total. The van der Waals surface area contributed by atoms with Crippen molar-refractivity contribution >= 4 is 95.4 Å². The van der Waals surface area contributed by atoms with Gasteiger partial charge in [0.2, 0.25) is 5.97 Å². The van der Waals surface area contributed by atoms with Crippen LogP contribution in [0.1, 0.15) is 27.7 Å². The topological polar surface area (TPSA) is 315 Å². The van der Waals surface area contributed by atoms with Gasteiger partial charge in [-0.1, -0.05) is 109 Å². The minimum atomic E-state index is -3.11. The standard InChI is InChI=1S/2C18H15S.3C9H15F2NO3.C6H11NO3.C4H5F2O2.C2H3F2O.B3.ClH.4Na.2O3S/c2*1-4-10-16(11-5-1)19(17-12-6-2-7-13-17)18-14-8-3-9-15-18;3*1-9(10,11)7-15-8(13)6-12-2-4-14-5-3-12;8-6(9)5-7-1-3-10-4-2-7;1-2-8-4(7)3(5)6;3-2(4)1-5;1-3-2;;;;;;2*1-4(2)3/h2*1-15H;3*2-7H2,1H3;1-5H2,(H,8,9);2H2,1H3;5H,1H2;;1H;;;;;;/q2*+1;;;;;2*-1;;;4*+1;;/p-1. The fraction of sp³-hybridized carbons (Fsp3) is 0.427. The van der Waals surface area contributed by atoms with E-state index in [-0.39, 0.29) is 185 Å². The van der Waals surface area contributed by atoms with Crippen LogP contribution in [0.3, 0.4) is 0 Å². The van der Waals surface area contributed by atoms with Crippen molar-refractivity contribution in [3.05, 3.63) is 195 Å². The molecule has 6 aromatic rings. The first-order valence-corrected chi connectivity index (χ1v) is 39.6. The Labute approximate surface area is 812 Å².